The van der Waals surface area contributed by atoms with E-state index in [1.54, 1.807) is 19.5 Å². The van der Waals surface area contributed by atoms with Crippen molar-refractivity contribution in [1.29, 1.82) is 0 Å². The number of pyridine rings is 1. The first-order chi connectivity index (χ1) is 14.3. The van der Waals surface area contributed by atoms with Gasteiger partial charge in [0.2, 0.25) is 0 Å². The van der Waals surface area contributed by atoms with Crippen LogP contribution in [0.4, 0.5) is 0 Å². The molecule has 0 amide bonds. The molecular weight excluding hydrogens is 362 g/mol. The van der Waals surface area contributed by atoms with E-state index in [9.17, 15) is 5.11 Å². The van der Waals surface area contributed by atoms with E-state index in [-0.39, 0.29) is 12.0 Å². The predicted molar refractivity (Wildman–Crippen MR) is 113 cm³/mol. The lowest BCUT2D eigenvalue weighted by Crippen LogP contribution is -2.15. The first-order valence-corrected chi connectivity index (χ1v) is 10.2. The van der Waals surface area contributed by atoms with Crippen LogP contribution in [0.3, 0.4) is 0 Å². The van der Waals surface area contributed by atoms with E-state index in [1.807, 2.05) is 48.5 Å². The average Bonchev–Trinajstić information content (AvgIpc) is 3.28. The fourth-order valence-corrected chi connectivity index (χ4v) is 4.14. The maximum Gasteiger partial charge on any atom is 0.161 e. The maximum absolute atomic E-state index is 11.3. The second-order valence-electron chi connectivity index (χ2n) is 7.55. The molecule has 0 radical (unpaired) electrons. The molecule has 1 heterocycles. The summed E-state index contributed by atoms with van der Waals surface area (Å²) in [6.07, 6.45) is 7.53. The molecule has 0 unspecified atom stereocenters. The molecule has 0 bridgehead atoms. The fraction of sp³-hybridized carbons (Fsp3) is 0.320. The number of hydrogen-bond acceptors (Lipinski definition) is 4. The summed E-state index contributed by atoms with van der Waals surface area (Å²) >= 11 is 0. The fourth-order valence-electron chi connectivity index (χ4n) is 4.14. The number of aliphatic hydroxyl groups excluding tert-OH is 1. The minimum absolute atomic E-state index is 0.226. The number of benzene rings is 2. The molecule has 4 nitrogen and oxygen atoms in total. The number of ether oxygens (including phenoxy) is 2. The van der Waals surface area contributed by atoms with Crippen LogP contribution in [0.25, 0.3) is 0 Å². The Bertz CT molecular complexity index is 908. The summed E-state index contributed by atoms with van der Waals surface area (Å²) in [7, 11) is 1.66. The third kappa shape index (κ3) is 4.43. The third-order valence-corrected chi connectivity index (χ3v) is 5.66. The van der Waals surface area contributed by atoms with Crippen LogP contribution in [0, 0.1) is 0 Å². The lowest BCUT2D eigenvalue weighted by atomic mass is 9.83. The van der Waals surface area contributed by atoms with Crippen molar-refractivity contribution in [1.82, 2.24) is 4.98 Å². The van der Waals surface area contributed by atoms with E-state index in [0.29, 0.717) is 0 Å². The van der Waals surface area contributed by atoms with Crippen LogP contribution in [0.1, 0.15) is 54.4 Å². The van der Waals surface area contributed by atoms with Crippen molar-refractivity contribution < 1.29 is 14.6 Å². The van der Waals surface area contributed by atoms with Crippen LogP contribution < -0.4 is 9.47 Å². The molecule has 1 saturated carbocycles. The zero-order chi connectivity index (χ0) is 20.1. The predicted octanol–water partition coefficient (Wildman–Crippen LogP) is 5.28. The summed E-state index contributed by atoms with van der Waals surface area (Å²) in [5, 5.41) is 11.3. The Kier molecular flexibility index (Phi) is 6.11. The van der Waals surface area contributed by atoms with Crippen molar-refractivity contribution in [2.75, 3.05) is 7.11 Å². The number of nitrogens with zero attached hydrogens (tertiary/aromatic N) is 1. The van der Waals surface area contributed by atoms with E-state index in [0.717, 1.165) is 41.0 Å². The van der Waals surface area contributed by atoms with Crippen LogP contribution in [0.2, 0.25) is 0 Å². The van der Waals surface area contributed by atoms with Gasteiger partial charge < -0.3 is 14.6 Å². The highest BCUT2D eigenvalue weighted by atomic mass is 16.5. The summed E-state index contributed by atoms with van der Waals surface area (Å²) in [5.41, 5.74) is 2.88. The van der Waals surface area contributed by atoms with Crippen LogP contribution >= 0.6 is 0 Å². The van der Waals surface area contributed by atoms with Crippen LogP contribution in [0.5, 0.6) is 11.5 Å². The molecule has 29 heavy (non-hydrogen) atoms. The van der Waals surface area contributed by atoms with Crippen molar-refractivity contribution in [3.05, 3.63) is 89.7 Å². The minimum atomic E-state index is -0.701. The van der Waals surface area contributed by atoms with Gasteiger partial charge >= 0.3 is 0 Å². The zero-order valence-electron chi connectivity index (χ0n) is 16.7. The van der Waals surface area contributed by atoms with Gasteiger partial charge in [-0.05, 0) is 66.6 Å². The Hall–Kier alpha value is -2.85. The summed E-state index contributed by atoms with van der Waals surface area (Å²) in [5.74, 6) is 1.25. The molecule has 0 spiro atoms. The second-order valence-corrected chi connectivity index (χ2v) is 7.55. The molecule has 3 aromatic rings. The average molecular weight is 389 g/mol. The summed E-state index contributed by atoms with van der Waals surface area (Å²) in [6.45, 7) is 0. The highest BCUT2D eigenvalue weighted by Crippen LogP contribution is 2.41. The molecule has 2 aromatic carbocycles. The SMILES string of the molecule is COc1ccc([C@H](c2ccccc2)[C@H](O)c2ccncc2)cc1OC1CCCC1. The maximum atomic E-state index is 11.3. The van der Waals surface area contributed by atoms with E-state index < -0.39 is 6.10 Å². The van der Waals surface area contributed by atoms with E-state index in [4.69, 9.17) is 9.47 Å². The highest BCUT2D eigenvalue weighted by Gasteiger charge is 2.26. The van der Waals surface area contributed by atoms with Gasteiger partial charge in [-0.1, -0.05) is 36.4 Å². The number of aliphatic hydroxyl groups is 1. The number of aromatic nitrogens is 1. The number of methoxy groups -OCH3 is 1. The normalized spacial score (nSPS) is 16.3. The van der Waals surface area contributed by atoms with Crippen molar-refractivity contribution in [2.24, 2.45) is 0 Å². The third-order valence-electron chi connectivity index (χ3n) is 5.66. The van der Waals surface area contributed by atoms with E-state index >= 15 is 0 Å². The standard InChI is InChI=1S/C25H27NO3/c1-28-22-12-11-20(17-23(22)29-21-9-5-6-10-21)24(18-7-3-2-4-8-18)25(27)19-13-15-26-16-14-19/h2-4,7-8,11-17,21,24-25,27H,5-6,9-10H2,1H3/t24-,25+/m0/s1. The molecule has 1 fully saturated rings. The Morgan fingerprint density at radius 3 is 2.28 bits per heavy atom. The summed E-state index contributed by atoms with van der Waals surface area (Å²) in [6, 6.07) is 19.8. The number of hydrogen-bond donors (Lipinski definition) is 1. The molecule has 4 rings (SSSR count). The molecule has 0 aliphatic heterocycles. The smallest absolute Gasteiger partial charge is 0.161 e. The van der Waals surface area contributed by atoms with E-state index in [2.05, 4.69) is 17.1 Å². The molecule has 0 saturated heterocycles. The van der Waals surface area contributed by atoms with Gasteiger partial charge in [-0.15, -0.1) is 0 Å². The van der Waals surface area contributed by atoms with Crippen molar-refractivity contribution >= 4 is 0 Å². The van der Waals surface area contributed by atoms with Gasteiger partial charge in [-0.25, -0.2) is 0 Å². The van der Waals surface area contributed by atoms with Crippen LogP contribution in [-0.4, -0.2) is 23.3 Å². The van der Waals surface area contributed by atoms with Crippen LogP contribution in [0.15, 0.2) is 73.1 Å². The molecule has 1 aliphatic carbocycles. The molecule has 1 aromatic heterocycles. The first kappa shape index (κ1) is 19.5. The summed E-state index contributed by atoms with van der Waals surface area (Å²) < 4.78 is 11.8. The minimum Gasteiger partial charge on any atom is -0.493 e. The van der Waals surface area contributed by atoms with Gasteiger partial charge in [-0.3, -0.25) is 4.98 Å². The molecule has 1 aliphatic rings. The first-order valence-electron chi connectivity index (χ1n) is 10.2. The molecule has 4 heteroatoms. The Balaban J connectivity index is 1.74. The molecular formula is C25H27NO3. The molecule has 1 N–H and O–H groups in total. The number of rotatable bonds is 7. The zero-order valence-corrected chi connectivity index (χ0v) is 16.7. The van der Waals surface area contributed by atoms with Gasteiger partial charge in [0.1, 0.15) is 0 Å². The van der Waals surface area contributed by atoms with E-state index in [1.165, 1.54) is 12.8 Å². The quantitative estimate of drug-likeness (QED) is 0.597. The lowest BCUT2D eigenvalue weighted by Gasteiger charge is -2.26. The van der Waals surface area contributed by atoms with Gasteiger partial charge in [0.05, 0.1) is 19.3 Å². The molecule has 2 atom stereocenters. The Morgan fingerprint density at radius 2 is 1.59 bits per heavy atom. The van der Waals surface area contributed by atoms with Gasteiger partial charge in [0.25, 0.3) is 0 Å². The Labute approximate surface area is 172 Å². The lowest BCUT2D eigenvalue weighted by molar-refractivity contribution is 0.158. The Morgan fingerprint density at radius 1 is 0.862 bits per heavy atom. The van der Waals surface area contributed by atoms with Crippen LogP contribution in [-0.2, 0) is 0 Å². The highest BCUT2D eigenvalue weighted by molar-refractivity contribution is 5.47. The van der Waals surface area contributed by atoms with Gasteiger partial charge in [0, 0.05) is 18.3 Å². The largest absolute Gasteiger partial charge is 0.493 e. The second kappa shape index (κ2) is 9.10. The van der Waals surface area contributed by atoms with Gasteiger partial charge in [0.15, 0.2) is 11.5 Å². The monoisotopic (exact) mass is 389 g/mol. The van der Waals surface area contributed by atoms with Crippen molar-refractivity contribution in [3.8, 4) is 11.5 Å². The molecule has 150 valence electrons. The topological polar surface area (TPSA) is 51.6 Å². The van der Waals surface area contributed by atoms with Crippen molar-refractivity contribution in [3.63, 3.8) is 0 Å². The van der Waals surface area contributed by atoms with Crippen molar-refractivity contribution in [2.45, 2.75) is 43.8 Å². The summed E-state index contributed by atoms with van der Waals surface area (Å²) in [4.78, 5) is 4.08. The van der Waals surface area contributed by atoms with Gasteiger partial charge in [-0.2, -0.15) is 0 Å².